The monoisotopic (exact) mass is 444 g/mol. The molecule has 3 aromatic rings. The van der Waals surface area contributed by atoms with Crippen molar-refractivity contribution in [2.45, 2.75) is 32.6 Å². The number of unbranched alkanes of at least 4 members (excludes halogenated alkanes) is 3. The summed E-state index contributed by atoms with van der Waals surface area (Å²) in [4.78, 5) is 0. The fourth-order valence-corrected chi connectivity index (χ4v) is 3.33. The molecule has 0 spiro atoms. The number of methoxy groups -OCH3 is 1. The maximum absolute atomic E-state index is 6.30. The van der Waals surface area contributed by atoms with Crippen molar-refractivity contribution in [1.82, 2.24) is 14.9 Å². The number of rotatable bonds is 10. The van der Waals surface area contributed by atoms with Gasteiger partial charge < -0.3 is 9.47 Å². The molecule has 0 aliphatic carbocycles. The summed E-state index contributed by atoms with van der Waals surface area (Å²) in [6.07, 6.45) is 6.32. The van der Waals surface area contributed by atoms with Crippen molar-refractivity contribution < 1.29 is 9.47 Å². The Balaban J connectivity index is 1.78. The highest BCUT2D eigenvalue weighted by Crippen LogP contribution is 2.28. The van der Waals surface area contributed by atoms with Crippen LogP contribution in [0.5, 0.6) is 11.5 Å². The number of nitrogens with one attached hydrogen (secondary N) is 1. The molecular weight excluding hydrogens is 420 g/mol. The number of halogens is 1. The highest BCUT2D eigenvalue weighted by molar-refractivity contribution is 7.71. The molecule has 0 unspecified atom stereocenters. The molecule has 3 rings (SSSR count). The van der Waals surface area contributed by atoms with Gasteiger partial charge in [-0.15, -0.1) is 0 Å². The van der Waals surface area contributed by atoms with E-state index in [1.165, 1.54) is 19.3 Å². The van der Waals surface area contributed by atoms with E-state index in [2.05, 4.69) is 22.2 Å². The van der Waals surface area contributed by atoms with E-state index in [0.29, 0.717) is 28.0 Å². The Morgan fingerprint density at radius 3 is 2.77 bits per heavy atom. The molecule has 0 atom stereocenters. The van der Waals surface area contributed by atoms with Crippen LogP contribution < -0.4 is 9.47 Å². The minimum absolute atomic E-state index is 0.375. The number of hydrogen-bond acceptors (Lipinski definition) is 5. The van der Waals surface area contributed by atoms with E-state index < -0.39 is 0 Å². The summed E-state index contributed by atoms with van der Waals surface area (Å²) < 4.78 is 13.3. The van der Waals surface area contributed by atoms with E-state index in [9.17, 15) is 0 Å². The van der Waals surface area contributed by atoms with Gasteiger partial charge in [0.15, 0.2) is 17.3 Å². The van der Waals surface area contributed by atoms with Crippen molar-refractivity contribution in [2.24, 2.45) is 5.10 Å². The van der Waals surface area contributed by atoms with Crippen molar-refractivity contribution >= 4 is 30.0 Å². The molecule has 6 nitrogen and oxygen atoms in total. The second-order valence-corrected chi connectivity index (χ2v) is 7.50. The molecule has 0 saturated heterocycles. The molecule has 0 fully saturated rings. The molecule has 1 aromatic heterocycles. The van der Waals surface area contributed by atoms with Gasteiger partial charge in [-0.2, -0.15) is 14.9 Å². The van der Waals surface area contributed by atoms with Gasteiger partial charge in [-0.3, -0.25) is 0 Å². The number of benzene rings is 2. The molecule has 0 saturated carbocycles. The van der Waals surface area contributed by atoms with E-state index in [0.717, 1.165) is 23.3 Å². The average molecular weight is 445 g/mol. The minimum atomic E-state index is 0.375. The van der Waals surface area contributed by atoms with Crippen LogP contribution in [0.1, 0.15) is 38.2 Å². The summed E-state index contributed by atoms with van der Waals surface area (Å²) in [5, 5.41) is 12.1. The first-order chi connectivity index (χ1) is 14.6. The van der Waals surface area contributed by atoms with Gasteiger partial charge in [-0.25, -0.2) is 5.10 Å². The zero-order chi connectivity index (χ0) is 21.3. The van der Waals surface area contributed by atoms with E-state index >= 15 is 0 Å². The summed E-state index contributed by atoms with van der Waals surface area (Å²) in [6.45, 7) is 2.87. The van der Waals surface area contributed by atoms with E-state index in [4.69, 9.17) is 33.3 Å². The smallest absolute Gasteiger partial charge is 0.216 e. The Morgan fingerprint density at radius 2 is 2.00 bits per heavy atom. The van der Waals surface area contributed by atoms with E-state index in [1.54, 1.807) is 24.1 Å². The number of nitrogens with zero attached hydrogens (tertiary/aromatic N) is 3. The fraction of sp³-hybridized carbons (Fsp3) is 0.318. The topological polar surface area (TPSA) is 64.4 Å². The molecule has 8 heteroatoms. The van der Waals surface area contributed by atoms with Crippen molar-refractivity contribution in [3.63, 3.8) is 0 Å². The molecule has 0 amide bonds. The first kappa shape index (κ1) is 22.1. The summed E-state index contributed by atoms with van der Waals surface area (Å²) in [7, 11) is 1.63. The van der Waals surface area contributed by atoms with Crippen LogP contribution in [0.3, 0.4) is 0 Å². The lowest BCUT2D eigenvalue weighted by atomic mass is 10.2. The van der Waals surface area contributed by atoms with Gasteiger partial charge in [0.05, 0.1) is 25.0 Å². The zero-order valence-corrected chi connectivity index (χ0v) is 18.7. The highest BCUT2D eigenvalue weighted by atomic mass is 35.5. The number of H-pyrrole nitrogens is 1. The number of aromatic amines is 1. The van der Waals surface area contributed by atoms with Gasteiger partial charge in [0.25, 0.3) is 0 Å². The van der Waals surface area contributed by atoms with Gasteiger partial charge in [0, 0.05) is 5.56 Å². The van der Waals surface area contributed by atoms with E-state index in [-0.39, 0.29) is 0 Å². The van der Waals surface area contributed by atoms with Crippen molar-refractivity contribution in [3.8, 4) is 22.9 Å². The lowest BCUT2D eigenvalue weighted by Crippen LogP contribution is -2.00. The lowest BCUT2D eigenvalue weighted by molar-refractivity contribution is 0.285. The Hall–Kier alpha value is -2.64. The summed E-state index contributed by atoms with van der Waals surface area (Å²) >= 11 is 11.6. The molecule has 30 heavy (non-hydrogen) atoms. The predicted molar refractivity (Wildman–Crippen MR) is 123 cm³/mol. The quantitative estimate of drug-likeness (QED) is 0.233. The summed E-state index contributed by atoms with van der Waals surface area (Å²) in [5.41, 5.74) is 1.59. The molecule has 158 valence electrons. The molecule has 0 radical (unpaired) electrons. The normalized spacial score (nSPS) is 11.2. The van der Waals surface area contributed by atoms with Crippen LogP contribution in [-0.2, 0) is 0 Å². The number of ether oxygens (including phenoxy) is 2. The second-order valence-electron chi connectivity index (χ2n) is 6.71. The first-order valence-electron chi connectivity index (χ1n) is 9.91. The van der Waals surface area contributed by atoms with Crippen LogP contribution in [0.4, 0.5) is 0 Å². The summed E-state index contributed by atoms with van der Waals surface area (Å²) in [6, 6.07) is 13.1. The lowest BCUT2D eigenvalue weighted by Gasteiger charge is -2.11. The molecule has 0 aliphatic rings. The molecule has 0 aliphatic heterocycles. The SMILES string of the molecule is CCCCCCOc1ccc(C=Nn2c(-c3ccccc3Cl)n[nH]c2=S)cc1OC. The van der Waals surface area contributed by atoms with Crippen molar-refractivity contribution in [3.05, 3.63) is 57.8 Å². The van der Waals surface area contributed by atoms with Crippen molar-refractivity contribution in [1.29, 1.82) is 0 Å². The van der Waals surface area contributed by atoms with Crippen LogP contribution in [0.2, 0.25) is 5.02 Å². The maximum atomic E-state index is 6.30. The third-order valence-corrected chi connectivity index (χ3v) is 5.12. The predicted octanol–water partition coefficient (Wildman–Crippen LogP) is 6.11. The van der Waals surface area contributed by atoms with Crippen LogP contribution >= 0.6 is 23.8 Å². The van der Waals surface area contributed by atoms with Gasteiger partial charge in [0.2, 0.25) is 4.77 Å². The third kappa shape index (κ3) is 5.49. The Labute approximate surface area is 186 Å². The Morgan fingerprint density at radius 1 is 1.17 bits per heavy atom. The highest BCUT2D eigenvalue weighted by Gasteiger charge is 2.11. The second kappa shape index (κ2) is 10.9. The molecule has 1 heterocycles. The van der Waals surface area contributed by atoms with Gasteiger partial charge in [0.1, 0.15) is 0 Å². The molecular formula is C22H25ClN4O2S. The Bertz CT molecular complexity index is 1060. The Kier molecular flexibility index (Phi) is 8.04. The first-order valence-corrected chi connectivity index (χ1v) is 10.7. The van der Waals surface area contributed by atoms with Crippen LogP contribution in [0.15, 0.2) is 47.6 Å². The van der Waals surface area contributed by atoms with Crippen LogP contribution in [-0.4, -0.2) is 34.8 Å². The minimum Gasteiger partial charge on any atom is -0.493 e. The van der Waals surface area contributed by atoms with Crippen LogP contribution in [0, 0.1) is 4.77 Å². The summed E-state index contributed by atoms with van der Waals surface area (Å²) in [5.74, 6) is 1.93. The largest absolute Gasteiger partial charge is 0.493 e. The average Bonchev–Trinajstić information content (AvgIpc) is 3.13. The van der Waals surface area contributed by atoms with E-state index in [1.807, 2.05) is 36.4 Å². The molecule has 1 N–H and O–H groups in total. The fourth-order valence-electron chi connectivity index (χ4n) is 2.93. The van der Waals surface area contributed by atoms with Gasteiger partial charge in [-0.05, 0) is 54.5 Å². The van der Waals surface area contributed by atoms with Crippen LogP contribution in [0.25, 0.3) is 11.4 Å². The maximum Gasteiger partial charge on any atom is 0.216 e. The zero-order valence-electron chi connectivity index (χ0n) is 17.1. The third-order valence-electron chi connectivity index (χ3n) is 4.53. The van der Waals surface area contributed by atoms with Crippen molar-refractivity contribution in [2.75, 3.05) is 13.7 Å². The van der Waals surface area contributed by atoms with Gasteiger partial charge in [-0.1, -0.05) is 49.9 Å². The number of hydrogen-bond donors (Lipinski definition) is 1. The molecule has 2 aromatic carbocycles. The van der Waals surface area contributed by atoms with Gasteiger partial charge >= 0.3 is 0 Å². The number of aromatic nitrogens is 3. The molecule has 0 bridgehead atoms. The standard InChI is InChI=1S/C22H25ClN4O2S/c1-3-4-5-8-13-29-19-12-11-16(14-20(19)28-2)15-24-27-21(25-26-22(27)30)17-9-6-7-10-18(17)23/h6-7,9-12,14-15H,3-5,8,13H2,1-2H3,(H,26,30).